The smallest absolute Gasteiger partial charge is 0.259 e. The second-order valence-electron chi connectivity index (χ2n) is 5.44. The van der Waals surface area contributed by atoms with E-state index in [9.17, 15) is 8.42 Å². The summed E-state index contributed by atoms with van der Waals surface area (Å²) in [6.45, 7) is 1.01. The van der Waals surface area contributed by atoms with Crippen LogP contribution < -0.4 is 4.72 Å². The molecule has 3 aromatic rings. The fourth-order valence-electron chi connectivity index (χ4n) is 2.39. The van der Waals surface area contributed by atoms with Gasteiger partial charge in [0.15, 0.2) is 5.03 Å². The molecule has 2 aromatic heterocycles. The number of imidazole rings is 2. The van der Waals surface area contributed by atoms with Gasteiger partial charge in [0.2, 0.25) is 0 Å². The third-order valence-corrected chi connectivity index (χ3v) is 4.92. The quantitative estimate of drug-likeness (QED) is 0.660. The summed E-state index contributed by atoms with van der Waals surface area (Å²) in [5, 5.41) is 0.0394. The first-order valence-electron chi connectivity index (χ1n) is 7.60. The summed E-state index contributed by atoms with van der Waals surface area (Å²) < 4.78 is 30.4. The molecule has 0 saturated carbocycles. The summed E-state index contributed by atoms with van der Waals surface area (Å²) in [5.74, 6) is 0.878. The van der Waals surface area contributed by atoms with E-state index in [-0.39, 0.29) is 5.03 Å². The number of nitrogens with one attached hydrogen (secondary N) is 1. The minimum Gasteiger partial charge on any atom is -0.339 e. The number of aryl methyl sites for hydroxylation is 2. The second-order valence-corrected chi connectivity index (χ2v) is 7.15. The molecule has 0 aliphatic carbocycles. The molecule has 0 spiro atoms. The number of nitrogens with zero attached hydrogens (tertiary/aromatic N) is 4. The van der Waals surface area contributed by atoms with Crippen LogP contribution in [0.3, 0.4) is 0 Å². The summed E-state index contributed by atoms with van der Waals surface area (Å²) in [4.78, 5) is 8.24. The monoisotopic (exact) mass is 345 g/mol. The van der Waals surface area contributed by atoms with Crippen LogP contribution in [0, 0.1) is 0 Å². The van der Waals surface area contributed by atoms with Crippen LogP contribution in [0.1, 0.15) is 6.42 Å². The van der Waals surface area contributed by atoms with E-state index in [0.717, 1.165) is 11.4 Å². The van der Waals surface area contributed by atoms with Crippen molar-refractivity contribution in [3.05, 3.63) is 55.2 Å². The summed E-state index contributed by atoms with van der Waals surface area (Å²) in [6.07, 6.45) is 7.25. The lowest BCUT2D eigenvalue weighted by atomic mass is 10.2. The summed E-state index contributed by atoms with van der Waals surface area (Å²) in [7, 11) is -1.82. The minimum atomic E-state index is -3.55. The van der Waals surface area contributed by atoms with Crippen molar-refractivity contribution < 1.29 is 8.42 Å². The Kier molecular flexibility index (Phi) is 4.77. The highest BCUT2D eigenvalue weighted by molar-refractivity contribution is 7.89. The van der Waals surface area contributed by atoms with Gasteiger partial charge in [-0.2, -0.15) is 0 Å². The summed E-state index contributed by atoms with van der Waals surface area (Å²) in [5.41, 5.74) is 1.04. The Hall–Kier alpha value is -2.45. The SMILES string of the molecule is Cn1cnc(S(=O)(=O)NCCCn2ccnc2-c2ccccc2)c1. The molecule has 1 aromatic carbocycles. The van der Waals surface area contributed by atoms with Crippen molar-refractivity contribution in [2.45, 2.75) is 18.0 Å². The summed E-state index contributed by atoms with van der Waals surface area (Å²) >= 11 is 0. The molecule has 3 rings (SSSR count). The van der Waals surface area contributed by atoms with Crippen molar-refractivity contribution in [2.24, 2.45) is 7.05 Å². The fraction of sp³-hybridized carbons (Fsp3) is 0.250. The van der Waals surface area contributed by atoms with E-state index >= 15 is 0 Å². The van der Waals surface area contributed by atoms with Crippen LogP contribution in [0.5, 0.6) is 0 Å². The van der Waals surface area contributed by atoms with Gasteiger partial charge in [0, 0.05) is 44.3 Å². The maximum Gasteiger partial charge on any atom is 0.259 e. The van der Waals surface area contributed by atoms with Crippen molar-refractivity contribution in [2.75, 3.05) is 6.54 Å². The van der Waals surface area contributed by atoms with Crippen molar-refractivity contribution in [3.63, 3.8) is 0 Å². The average Bonchev–Trinajstić information content (AvgIpc) is 3.22. The second kappa shape index (κ2) is 6.98. The molecule has 0 amide bonds. The zero-order valence-corrected chi connectivity index (χ0v) is 14.1. The Morgan fingerprint density at radius 3 is 2.67 bits per heavy atom. The zero-order chi connectivity index (χ0) is 17.0. The van der Waals surface area contributed by atoms with Crippen LogP contribution in [-0.2, 0) is 23.6 Å². The molecule has 126 valence electrons. The largest absolute Gasteiger partial charge is 0.339 e. The van der Waals surface area contributed by atoms with Gasteiger partial charge in [0.25, 0.3) is 10.0 Å². The minimum absolute atomic E-state index is 0.0394. The van der Waals surface area contributed by atoms with E-state index in [4.69, 9.17) is 0 Å². The Morgan fingerprint density at radius 2 is 1.96 bits per heavy atom. The number of sulfonamides is 1. The highest BCUT2D eigenvalue weighted by Gasteiger charge is 2.16. The Morgan fingerprint density at radius 1 is 1.17 bits per heavy atom. The van der Waals surface area contributed by atoms with Crippen LogP contribution in [0.25, 0.3) is 11.4 Å². The maximum absolute atomic E-state index is 12.1. The molecule has 8 heteroatoms. The van der Waals surface area contributed by atoms with Gasteiger partial charge in [-0.05, 0) is 6.42 Å². The normalized spacial score (nSPS) is 11.7. The molecule has 0 unspecified atom stereocenters. The molecule has 24 heavy (non-hydrogen) atoms. The van der Waals surface area contributed by atoms with E-state index in [1.807, 2.05) is 41.1 Å². The predicted molar refractivity (Wildman–Crippen MR) is 90.7 cm³/mol. The number of rotatable bonds is 7. The molecular weight excluding hydrogens is 326 g/mol. The van der Waals surface area contributed by atoms with E-state index in [0.29, 0.717) is 19.5 Å². The molecule has 7 nitrogen and oxygen atoms in total. The first kappa shape index (κ1) is 16.4. The number of benzene rings is 1. The van der Waals surface area contributed by atoms with E-state index in [1.54, 1.807) is 17.8 Å². The van der Waals surface area contributed by atoms with Gasteiger partial charge in [-0.1, -0.05) is 30.3 Å². The molecule has 0 saturated heterocycles. The lowest BCUT2D eigenvalue weighted by Crippen LogP contribution is -2.26. The molecule has 2 heterocycles. The van der Waals surface area contributed by atoms with Gasteiger partial charge in [0.1, 0.15) is 5.82 Å². The lowest BCUT2D eigenvalue weighted by molar-refractivity contribution is 0.567. The first-order valence-corrected chi connectivity index (χ1v) is 9.09. The lowest BCUT2D eigenvalue weighted by Gasteiger charge is -2.08. The van der Waals surface area contributed by atoms with Crippen molar-refractivity contribution in [3.8, 4) is 11.4 Å². The van der Waals surface area contributed by atoms with Crippen LogP contribution >= 0.6 is 0 Å². The van der Waals surface area contributed by atoms with Gasteiger partial charge in [-0.25, -0.2) is 23.1 Å². The van der Waals surface area contributed by atoms with Gasteiger partial charge in [-0.15, -0.1) is 0 Å². The highest BCUT2D eigenvalue weighted by atomic mass is 32.2. The molecule has 0 fully saturated rings. The van der Waals surface area contributed by atoms with Crippen LogP contribution in [0.2, 0.25) is 0 Å². The fourth-order valence-corrected chi connectivity index (χ4v) is 3.45. The predicted octanol–water partition coefficient (Wildman–Crippen LogP) is 1.65. The van der Waals surface area contributed by atoms with Gasteiger partial charge in [-0.3, -0.25) is 0 Å². The van der Waals surface area contributed by atoms with Crippen molar-refractivity contribution in [1.29, 1.82) is 0 Å². The topological polar surface area (TPSA) is 81.8 Å². The van der Waals surface area contributed by atoms with Gasteiger partial charge in [0.05, 0.1) is 6.33 Å². The van der Waals surface area contributed by atoms with E-state index < -0.39 is 10.0 Å². The molecule has 1 N–H and O–H groups in total. The standard InChI is InChI=1S/C16H19N5O2S/c1-20-12-15(18-13-20)24(22,23)19-8-5-10-21-11-9-17-16(21)14-6-3-2-4-7-14/h2-4,6-7,9,11-13,19H,5,8,10H2,1H3. The summed E-state index contributed by atoms with van der Waals surface area (Å²) in [6, 6.07) is 9.90. The molecule has 0 atom stereocenters. The molecule has 0 radical (unpaired) electrons. The molecule has 0 aliphatic heterocycles. The Bertz CT molecular complexity index is 899. The van der Waals surface area contributed by atoms with Crippen LogP contribution in [-0.4, -0.2) is 34.1 Å². The van der Waals surface area contributed by atoms with Crippen LogP contribution in [0.4, 0.5) is 0 Å². The van der Waals surface area contributed by atoms with Gasteiger partial charge >= 0.3 is 0 Å². The highest BCUT2D eigenvalue weighted by Crippen LogP contribution is 2.16. The Balaban J connectivity index is 1.57. The first-order chi connectivity index (χ1) is 11.6. The van der Waals surface area contributed by atoms with Crippen LogP contribution in [0.15, 0.2) is 60.3 Å². The number of aromatic nitrogens is 4. The molecule has 0 aliphatic rings. The average molecular weight is 345 g/mol. The molecular formula is C16H19N5O2S. The zero-order valence-electron chi connectivity index (χ0n) is 13.3. The van der Waals surface area contributed by atoms with Gasteiger partial charge < -0.3 is 9.13 Å². The Labute approximate surface area is 141 Å². The number of hydrogen-bond acceptors (Lipinski definition) is 4. The third kappa shape index (κ3) is 3.72. The van der Waals surface area contributed by atoms with E-state index in [1.165, 1.54) is 12.5 Å². The molecule has 0 bridgehead atoms. The third-order valence-electron chi connectivity index (χ3n) is 3.57. The van der Waals surface area contributed by atoms with Crippen molar-refractivity contribution >= 4 is 10.0 Å². The number of hydrogen-bond donors (Lipinski definition) is 1. The van der Waals surface area contributed by atoms with Crippen molar-refractivity contribution in [1.82, 2.24) is 23.8 Å². The van der Waals surface area contributed by atoms with E-state index in [2.05, 4.69) is 14.7 Å². The maximum atomic E-state index is 12.1.